The van der Waals surface area contributed by atoms with Crippen LogP contribution in [0.15, 0.2) is 0 Å². The second-order valence-corrected chi connectivity index (χ2v) is 4.82. The van der Waals surface area contributed by atoms with E-state index in [0.29, 0.717) is 6.42 Å². The number of carbonyl (C=O) groups excluding carboxylic acids is 1. The van der Waals surface area contributed by atoms with Crippen molar-refractivity contribution in [3.63, 3.8) is 0 Å². The van der Waals surface area contributed by atoms with Crippen molar-refractivity contribution < 1.29 is 4.79 Å². The first kappa shape index (κ1) is 16.6. The van der Waals surface area contributed by atoms with Crippen molar-refractivity contribution in [2.24, 2.45) is 11.5 Å². The molecule has 0 heterocycles. The lowest BCUT2D eigenvalue weighted by Gasteiger charge is -2.02. The van der Waals surface area contributed by atoms with E-state index < -0.39 is 0 Å². The van der Waals surface area contributed by atoms with Crippen LogP contribution in [0.3, 0.4) is 0 Å². The van der Waals surface area contributed by atoms with Crippen LogP contribution in [0.25, 0.3) is 0 Å². The van der Waals surface area contributed by atoms with Crippen LogP contribution in [0, 0.1) is 0 Å². The zero-order valence-electron chi connectivity index (χ0n) is 11.3. The van der Waals surface area contributed by atoms with E-state index in [2.05, 4.69) is 0 Å². The van der Waals surface area contributed by atoms with Crippen molar-refractivity contribution in [3.8, 4) is 0 Å². The highest BCUT2D eigenvalue weighted by Gasteiger charge is 1.97. The molecule has 0 fully saturated rings. The Labute approximate surface area is 106 Å². The highest BCUT2D eigenvalue weighted by atomic mass is 16.1. The van der Waals surface area contributed by atoms with Gasteiger partial charge in [0.05, 0.1) is 6.54 Å². The lowest BCUT2D eigenvalue weighted by atomic mass is 10.0. The molecule has 0 aliphatic rings. The third-order valence-corrected chi connectivity index (χ3v) is 3.14. The Bertz CT molecular complexity index is 172. The Balaban J connectivity index is 2.96. The zero-order chi connectivity index (χ0) is 12.8. The second kappa shape index (κ2) is 13.7. The van der Waals surface area contributed by atoms with Gasteiger partial charge < -0.3 is 11.5 Å². The largest absolute Gasteiger partial charge is 0.330 e. The van der Waals surface area contributed by atoms with Gasteiger partial charge in [0.1, 0.15) is 5.78 Å². The van der Waals surface area contributed by atoms with Gasteiger partial charge in [-0.05, 0) is 19.4 Å². The van der Waals surface area contributed by atoms with E-state index in [-0.39, 0.29) is 12.3 Å². The van der Waals surface area contributed by atoms with Crippen molar-refractivity contribution in [1.29, 1.82) is 0 Å². The lowest BCUT2D eigenvalue weighted by Crippen LogP contribution is -2.12. The van der Waals surface area contributed by atoms with Crippen LogP contribution in [-0.2, 0) is 4.79 Å². The molecule has 4 N–H and O–H groups in total. The molecule has 0 aliphatic carbocycles. The number of rotatable bonds is 13. The Morgan fingerprint density at radius 1 is 0.647 bits per heavy atom. The fraction of sp³-hybridized carbons (Fsp3) is 0.929. The number of hydrogen-bond donors (Lipinski definition) is 2. The summed E-state index contributed by atoms with van der Waals surface area (Å²) < 4.78 is 0. The van der Waals surface area contributed by atoms with E-state index in [1.165, 1.54) is 57.8 Å². The first-order valence-corrected chi connectivity index (χ1v) is 7.23. The van der Waals surface area contributed by atoms with Crippen molar-refractivity contribution in [1.82, 2.24) is 0 Å². The molecule has 0 aromatic heterocycles. The van der Waals surface area contributed by atoms with Crippen LogP contribution in [0.2, 0.25) is 0 Å². The number of unbranched alkanes of at least 4 members (excludes halogenated alkanes) is 9. The summed E-state index contributed by atoms with van der Waals surface area (Å²) in [5.74, 6) is 0.199. The average molecular weight is 242 g/mol. The number of ketones is 1. The minimum absolute atomic E-state index is 0.199. The fourth-order valence-electron chi connectivity index (χ4n) is 1.98. The van der Waals surface area contributed by atoms with E-state index >= 15 is 0 Å². The van der Waals surface area contributed by atoms with Crippen LogP contribution in [0.5, 0.6) is 0 Å². The van der Waals surface area contributed by atoms with Gasteiger partial charge in [0.2, 0.25) is 0 Å². The summed E-state index contributed by atoms with van der Waals surface area (Å²) in [4.78, 5) is 10.9. The minimum Gasteiger partial charge on any atom is -0.330 e. The molecule has 17 heavy (non-hydrogen) atoms. The predicted molar refractivity (Wildman–Crippen MR) is 73.9 cm³/mol. The molecule has 0 aliphatic heterocycles. The SMILES string of the molecule is NCCCCCCCCCCCCC(=O)CN. The quantitative estimate of drug-likeness (QED) is 0.488. The third-order valence-electron chi connectivity index (χ3n) is 3.14. The van der Waals surface area contributed by atoms with Gasteiger partial charge in [-0.25, -0.2) is 0 Å². The Hall–Kier alpha value is -0.410. The zero-order valence-corrected chi connectivity index (χ0v) is 11.3. The highest BCUT2D eigenvalue weighted by Crippen LogP contribution is 2.11. The maximum Gasteiger partial charge on any atom is 0.146 e. The maximum absolute atomic E-state index is 10.9. The normalized spacial score (nSPS) is 10.7. The molecule has 0 amide bonds. The standard InChI is InChI=1S/C14H30N2O/c15-12-10-8-6-4-2-1-3-5-7-9-11-14(17)13-16/h1-13,15-16H2. The molecule has 0 unspecified atom stereocenters. The summed E-state index contributed by atoms with van der Waals surface area (Å²) in [6.07, 6.45) is 13.3. The van der Waals surface area contributed by atoms with Gasteiger partial charge in [0.25, 0.3) is 0 Å². The van der Waals surface area contributed by atoms with Gasteiger partial charge in [-0.3, -0.25) is 4.79 Å². The molecule has 102 valence electrons. The van der Waals surface area contributed by atoms with Gasteiger partial charge in [-0.1, -0.05) is 51.4 Å². The van der Waals surface area contributed by atoms with Crippen molar-refractivity contribution >= 4 is 5.78 Å². The molecule has 3 nitrogen and oxygen atoms in total. The minimum atomic E-state index is 0.199. The lowest BCUT2D eigenvalue weighted by molar-refractivity contribution is -0.117. The topological polar surface area (TPSA) is 69.1 Å². The molecule has 0 saturated heterocycles. The summed E-state index contributed by atoms with van der Waals surface area (Å²) in [5, 5.41) is 0. The van der Waals surface area contributed by atoms with Crippen molar-refractivity contribution in [2.45, 2.75) is 70.6 Å². The fourth-order valence-corrected chi connectivity index (χ4v) is 1.98. The van der Waals surface area contributed by atoms with Gasteiger partial charge in [-0.15, -0.1) is 0 Å². The highest BCUT2D eigenvalue weighted by molar-refractivity contribution is 5.80. The molecule has 0 aromatic carbocycles. The molecule has 0 bridgehead atoms. The van der Waals surface area contributed by atoms with Crippen molar-refractivity contribution in [3.05, 3.63) is 0 Å². The maximum atomic E-state index is 10.9. The smallest absolute Gasteiger partial charge is 0.146 e. The number of hydrogen-bond acceptors (Lipinski definition) is 3. The molecule has 0 spiro atoms. The Morgan fingerprint density at radius 3 is 1.47 bits per heavy atom. The molecular weight excluding hydrogens is 212 g/mol. The second-order valence-electron chi connectivity index (χ2n) is 4.82. The number of nitrogens with two attached hydrogens (primary N) is 2. The van der Waals surface area contributed by atoms with Crippen LogP contribution >= 0.6 is 0 Å². The van der Waals surface area contributed by atoms with E-state index in [4.69, 9.17) is 11.5 Å². The van der Waals surface area contributed by atoms with E-state index in [1.807, 2.05) is 0 Å². The molecule has 0 atom stereocenters. The number of Topliss-reactive ketones (excluding diaryl/α,β-unsaturated/α-hetero) is 1. The summed E-state index contributed by atoms with van der Waals surface area (Å²) in [6, 6.07) is 0. The summed E-state index contributed by atoms with van der Waals surface area (Å²) in [5.41, 5.74) is 10.7. The third kappa shape index (κ3) is 13.5. The van der Waals surface area contributed by atoms with E-state index in [0.717, 1.165) is 13.0 Å². The molecule has 0 rings (SSSR count). The Kier molecular flexibility index (Phi) is 13.3. The van der Waals surface area contributed by atoms with Crippen LogP contribution in [0.1, 0.15) is 70.6 Å². The summed E-state index contributed by atoms with van der Waals surface area (Å²) >= 11 is 0. The number of carbonyl (C=O) groups is 1. The van der Waals surface area contributed by atoms with Crippen LogP contribution < -0.4 is 11.5 Å². The van der Waals surface area contributed by atoms with Crippen LogP contribution in [-0.4, -0.2) is 18.9 Å². The van der Waals surface area contributed by atoms with Gasteiger partial charge in [-0.2, -0.15) is 0 Å². The van der Waals surface area contributed by atoms with Gasteiger partial charge >= 0.3 is 0 Å². The summed E-state index contributed by atoms with van der Waals surface area (Å²) in [7, 11) is 0. The molecular formula is C14H30N2O. The monoisotopic (exact) mass is 242 g/mol. The van der Waals surface area contributed by atoms with Crippen LogP contribution in [0.4, 0.5) is 0 Å². The summed E-state index contributed by atoms with van der Waals surface area (Å²) in [6.45, 7) is 1.05. The molecule has 0 radical (unpaired) electrons. The average Bonchev–Trinajstić information content (AvgIpc) is 2.35. The van der Waals surface area contributed by atoms with Gasteiger partial charge in [0, 0.05) is 6.42 Å². The molecule has 3 heteroatoms. The molecule has 0 aromatic rings. The van der Waals surface area contributed by atoms with Crippen molar-refractivity contribution in [2.75, 3.05) is 13.1 Å². The van der Waals surface area contributed by atoms with Gasteiger partial charge in [0.15, 0.2) is 0 Å². The van der Waals surface area contributed by atoms with E-state index in [1.54, 1.807) is 0 Å². The Morgan fingerprint density at radius 2 is 1.06 bits per heavy atom. The molecule has 0 saturated carbocycles. The first-order valence-electron chi connectivity index (χ1n) is 7.23. The van der Waals surface area contributed by atoms with E-state index in [9.17, 15) is 4.79 Å². The predicted octanol–water partition coefficient (Wildman–Crippen LogP) is 2.76. The first-order chi connectivity index (χ1) is 8.31.